The van der Waals surface area contributed by atoms with Gasteiger partial charge < -0.3 is 10.6 Å². The monoisotopic (exact) mass is 389 g/mol. The van der Waals surface area contributed by atoms with Crippen molar-refractivity contribution in [3.63, 3.8) is 0 Å². The molecule has 1 aromatic heterocycles. The molecule has 0 saturated heterocycles. The molecule has 0 spiro atoms. The van der Waals surface area contributed by atoms with E-state index in [1.54, 1.807) is 6.20 Å². The predicted octanol–water partition coefficient (Wildman–Crippen LogP) is 5.08. The minimum atomic E-state index is 0.410. The molecule has 0 aliphatic carbocycles. The maximum absolute atomic E-state index is 6.13. The first-order valence-corrected chi connectivity index (χ1v) is 8.03. The minimum absolute atomic E-state index is 0.410. The Balaban J connectivity index is 1.81. The van der Waals surface area contributed by atoms with Crippen LogP contribution in [0.2, 0.25) is 5.02 Å². The number of halogens is 2. The Bertz CT molecular complexity index is 840. The SMILES string of the molecule is Cc1cc(Br)ccc1Nc1nncc(Nc2ccccc2Cl)n1. The van der Waals surface area contributed by atoms with Gasteiger partial charge in [0.15, 0.2) is 5.82 Å². The fourth-order valence-electron chi connectivity index (χ4n) is 2.01. The van der Waals surface area contributed by atoms with Crippen molar-refractivity contribution in [1.82, 2.24) is 15.2 Å². The summed E-state index contributed by atoms with van der Waals surface area (Å²) >= 11 is 9.58. The molecule has 3 aromatic rings. The molecule has 0 atom stereocenters. The van der Waals surface area contributed by atoms with Gasteiger partial charge in [-0.3, -0.25) is 0 Å². The van der Waals surface area contributed by atoms with Crippen LogP contribution in [0.15, 0.2) is 53.1 Å². The van der Waals surface area contributed by atoms with E-state index < -0.39 is 0 Å². The van der Waals surface area contributed by atoms with Gasteiger partial charge in [0.2, 0.25) is 5.95 Å². The Morgan fingerprint density at radius 1 is 1.04 bits per heavy atom. The minimum Gasteiger partial charge on any atom is -0.338 e. The third-order valence-corrected chi connectivity index (χ3v) is 3.95. The zero-order chi connectivity index (χ0) is 16.2. The van der Waals surface area contributed by atoms with Crippen molar-refractivity contribution in [1.29, 1.82) is 0 Å². The number of rotatable bonds is 4. The number of nitrogens with one attached hydrogen (secondary N) is 2. The smallest absolute Gasteiger partial charge is 0.249 e. The maximum Gasteiger partial charge on any atom is 0.249 e. The molecular weight excluding hydrogens is 378 g/mol. The molecule has 0 saturated carbocycles. The highest BCUT2D eigenvalue weighted by Crippen LogP contribution is 2.25. The number of anilines is 4. The molecule has 0 bridgehead atoms. The second-order valence-electron chi connectivity index (χ2n) is 4.85. The summed E-state index contributed by atoms with van der Waals surface area (Å²) in [5, 5.41) is 14.9. The molecular formula is C16H13BrClN5. The molecule has 0 radical (unpaired) electrons. The van der Waals surface area contributed by atoms with E-state index in [4.69, 9.17) is 11.6 Å². The first-order chi connectivity index (χ1) is 11.1. The van der Waals surface area contributed by atoms with E-state index >= 15 is 0 Å². The summed E-state index contributed by atoms with van der Waals surface area (Å²) in [7, 11) is 0. The summed E-state index contributed by atoms with van der Waals surface area (Å²) in [5.41, 5.74) is 2.76. The van der Waals surface area contributed by atoms with Gasteiger partial charge >= 0.3 is 0 Å². The van der Waals surface area contributed by atoms with Crippen molar-refractivity contribution >= 4 is 50.7 Å². The molecule has 2 N–H and O–H groups in total. The molecule has 1 heterocycles. The van der Waals surface area contributed by atoms with Crippen LogP contribution in [0.3, 0.4) is 0 Å². The molecule has 5 nitrogen and oxygen atoms in total. The van der Waals surface area contributed by atoms with Crippen LogP contribution in [-0.4, -0.2) is 15.2 Å². The van der Waals surface area contributed by atoms with Crippen LogP contribution in [0, 0.1) is 6.92 Å². The van der Waals surface area contributed by atoms with Crippen molar-refractivity contribution in [3.05, 3.63) is 63.7 Å². The second kappa shape index (κ2) is 6.93. The number of hydrogen-bond acceptors (Lipinski definition) is 5. The number of nitrogens with zero attached hydrogens (tertiary/aromatic N) is 3. The average molecular weight is 391 g/mol. The van der Waals surface area contributed by atoms with E-state index in [-0.39, 0.29) is 0 Å². The van der Waals surface area contributed by atoms with Gasteiger partial charge in [-0.15, -0.1) is 5.10 Å². The van der Waals surface area contributed by atoms with Gasteiger partial charge in [0.25, 0.3) is 0 Å². The summed E-state index contributed by atoms with van der Waals surface area (Å²) in [4.78, 5) is 4.40. The van der Waals surface area contributed by atoms with Crippen molar-refractivity contribution in [2.75, 3.05) is 10.6 Å². The fraction of sp³-hybridized carbons (Fsp3) is 0.0625. The van der Waals surface area contributed by atoms with Crippen molar-refractivity contribution in [2.24, 2.45) is 0 Å². The number of para-hydroxylation sites is 1. The molecule has 116 valence electrons. The van der Waals surface area contributed by atoms with E-state index in [1.165, 1.54) is 0 Å². The highest BCUT2D eigenvalue weighted by atomic mass is 79.9. The Morgan fingerprint density at radius 3 is 2.65 bits per heavy atom. The Labute approximate surface area is 147 Å². The number of aromatic nitrogens is 3. The van der Waals surface area contributed by atoms with Crippen molar-refractivity contribution < 1.29 is 0 Å². The van der Waals surface area contributed by atoms with Crippen molar-refractivity contribution in [2.45, 2.75) is 6.92 Å². The van der Waals surface area contributed by atoms with Crippen LogP contribution in [0.1, 0.15) is 5.56 Å². The van der Waals surface area contributed by atoms with E-state index in [2.05, 4.69) is 41.7 Å². The van der Waals surface area contributed by atoms with Crippen LogP contribution in [0.25, 0.3) is 0 Å². The van der Waals surface area contributed by atoms with Gasteiger partial charge in [-0.25, -0.2) is 0 Å². The topological polar surface area (TPSA) is 62.7 Å². The quantitative estimate of drug-likeness (QED) is 0.650. The predicted molar refractivity (Wildman–Crippen MR) is 96.7 cm³/mol. The lowest BCUT2D eigenvalue weighted by atomic mass is 10.2. The molecule has 2 aromatic carbocycles. The van der Waals surface area contributed by atoms with E-state index in [1.807, 2.05) is 49.4 Å². The molecule has 3 rings (SSSR count). The van der Waals surface area contributed by atoms with E-state index in [9.17, 15) is 0 Å². The zero-order valence-corrected chi connectivity index (χ0v) is 14.6. The van der Waals surface area contributed by atoms with E-state index in [0.29, 0.717) is 16.8 Å². The Morgan fingerprint density at radius 2 is 1.87 bits per heavy atom. The summed E-state index contributed by atoms with van der Waals surface area (Å²) in [6.45, 7) is 2.01. The van der Waals surface area contributed by atoms with Gasteiger partial charge in [-0.05, 0) is 42.8 Å². The summed E-state index contributed by atoms with van der Waals surface area (Å²) < 4.78 is 1.02. The Kier molecular flexibility index (Phi) is 4.73. The number of hydrogen-bond donors (Lipinski definition) is 2. The molecule has 7 heteroatoms. The van der Waals surface area contributed by atoms with E-state index in [0.717, 1.165) is 21.4 Å². The number of aryl methyl sites for hydroxylation is 1. The largest absolute Gasteiger partial charge is 0.338 e. The van der Waals surface area contributed by atoms with Crippen molar-refractivity contribution in [3.8, 4) is 0 Å². The van der Waals surface area contributed by atoms with Gasteiger partial charge in [0.05, 0.1) is 16.9 Å². The van der Waals surface area contributed by atoms with Gasteiger partial charge in [-0.1, -0.05) is 39.7 Å². The molecule has 0 unspecified atom stereocenters. The summed E-state index contributed by atoms with van der Waals surface area (Å²) in [6, 6.07) is 13.4. The van der Waals surface area contributed by atoms with Gasteiger partial charge in [-0.2, -0.15) is 10.1 Å². The highest BCUT2D eigenvalue weighted by molar-refractivity contribution is 9.10. The molecule has 0 amide bonds. The van der Waals surface area contributed by atoms with Crippen LogP contribution in [-0.2, 0) is 0 Å². The van der Waals surface area contributed by atoms with Gasteiger partial charge in [0, 0.05) is 10.2 Å². The maximum atomic E-state index is 6.13. The van der Waals surface area contributed by atoms with Crippen LogP contribution < -0.4 is 10.6 Å². The third-order valence-electron chi connectivity index (χ3n) is 3.13. The summed E-state index contributed by atoms with van der Waals surface area (Å²) in [5.74, 6) is 0.970. The lowest BCUT2D eigenvalue weighted by molar-refractivity contribution is 0.981. The first kappa shape index (κ1) is 15.7. The summed E-state index contributed by atoms with van der Waals surface area (Å²) in [6.07, 6.45) is 1.54. The number of benzene rings is 2. The normalized spacial score (nSPS) is 10.4. The lowest BCUT2D eigenvalue weighted by Gasteiger charge is -2.10. The second-order valence-corrected chi connectivity index (χ2v) is 6.18. The third kappa shape index (κ3) is 3.97. The molecule has 23 heavy (non-hydrogen) atoms. The Hall–Kier alpha value is -2.18. The lowest BCUT2D eigenvalue weighted by Crippen LogP contribution is -2.03. The first-order valence-electron chi connectivity index (χ1n) is 6.86. The molecule has 0 fully saturated rings. The van der Waals surface area contributed by atoms with Crippen LogP contribution in [0.4, 0.5) is 23.1 Å². The zero-order valence-electron chi connectivity index (χ0n) is 12.2. The fourth-order valence-corrected chi connectivity index (χ4v) is 2.66. The van der Waals surface area contributed by atoms with Crippen LogP contribution >= 0.6 is 27.5 Å². The molecule has 0 aliphatic rings. The average Bonchev–Trinajstić information content (AvgIpc) is 2.53. The highest BCUT2D eigenvalue weighted by Gasteiger charge is 2.06. The van der Waals surface area contributed by atoms with Gasteiger partial charge in [0.1, 0.15) is 0 Å². The molecule has 0 aliphatic heterocycles. The van der Waals surface area contributed by atoms with Crippen LogP contribution in [0.5, 0.6) is 0 Å². The standard InChI is InChI=1S/C16H13BrClN5/c1-10-8-11(17)6-7-13(10)21-16-22-15(9-19-23-16)20-14-5-3-2-4-12(14)18/h2-9H,1H3,(H2,20,21,22,23).